The summed E-state index contributed by atoms with van der Waals surface area (Å²) in [6.07, 6.45) is 4.35. The van der Waals surface area contributed by atoms with E-state index in [9.17, 15) is 0 Å². The third kappa shape index (κ3) is 6.85. The molecular weight excluding hydrogens is 467 g/mol. The molecule has 1 saturated heterocycles. The first-order chi connectivity index (χ1) is 13.3. The molecule has 1 aliphatic rings. The molecule has 0 radical (unpaired) electrons. The highest BCUT2D eigenvalue weighted by atomic mass is 127. The van der Waals surface area contributed by atoms with E-state index in [1.807, 2.05) is 28.8 Å². The Bertz CT molecular complexity index is 732. The van der Waals surface area contributed by atoms with Crippen LogP contribution in [-0.4, -0.2) is 83.2 Å². The van der Waals surface area contributed by atoms with E-state index in [1.165, 1.54) is 32.6 Å². The van der Waals surface area contributed by atoms with Crippen LogP contribution in [0.2, 0.25) is 0 Å². The van der Waals surface area contributed by atoms with Gasteiger partial charge < -0.3 is 20.4 Å². The summed E-state index contributed by atoms with van der Waals surface area (Å²) in [5, 5.41) is 15.2. The lowest BCUT2D eigenvalue weighted by atomic mass is 10.3. The smallest absolute Gasteiger partial charge is 0.191 e. The number of hydrogen-bond acceptors (Lipinski definition) is 5. The number of guanidine groups is 1. The van der Waals surface area contributed by atoms with E-state index in [2.05, 4.69) is 49.6 Å². The van der Waals surface area contributed by atoms with Crippen molar-refractivity contribution in [2.45, 2.75) is 26.3 Å². The number of likely N-dealkylation sites (N-methyl/N-ethyl adjacent to an activating group) is 1. The Morgan fingerprint density at radius 3 is 2.89 bits per heavy atom. The molecule has 2 aromatic rings. The molecule has 0 bridgehead atoms. The second-order valence-electron chi connectivity index (χ2n) is 7.02. The second-order valence-corrected chi connectivity index (χ2v) is 7.02. The molecule has 3 rings (SSSR count). The second kappa shape index (κ2) is 12.2. The molecule has 0 amide bonds. The molecule has 28 heavy (non-hydrogen) atoms. The van der Waals surface area contributed by atoms with Crippen LogP contribution in [0, 0.1) is 0 Å². The van der Waals surface area contributed by atoms with Crippen LogP contribution in [0.3, 0.4) is 0 Å². The summed E-state index contributed by atoms with van der Waals surface area (Å²) in [6.45, 7) is 10.2. The first-order valence-corrected chi connectivity index (χ1v) is 9.98. The van der Waals surface area contributed by atoms with Gasteiger partial charge in [-0.05, 0) is 58.6 Å². The zero-order valence-corrected chi connectivity index (χ0v) is 19.3. The molecule has 0 atom stereocenters. The minimum Gasteiger partial charge on any atom is -0.357 e. The zero-order chi connectivity index (χ0) is 18.9. The van der Waals surface area contributed by atoms with Crippen molar-refractivity contribution >= 4 is 35.6 Å². The van der Waals surface area contributed by atoms with E-state index in [0.29, 0.717) is 6.54 Å². The van der Waals surface area contributed by atoms with Crippen molar-refractivity contribution in [3.05, 3.63) is 30.2 Å². The zero-order valence-electron chi connectivity index (χ0n) is 17.0. The average molecular weight is 500 g/mol. The first-order valence-electron chi connectivity index (χ1n) is 9.98. The topological polar surface area (TPSA) is 73.1 Å². The number of hydrogen-bond donors (Lipinski definition) is 2. The van der Waals surface area contributed by atoms with E-state index in [1.54, 1.807) is 0 Å². The summed E-state index contributed by atoms with van der Waals surface area (Å²) < 4.78 is 1.98. The molecule has 2 N–H and O–H groups in total. The Balaban J connectivity index is 0.00000280. The highest BCUT2D eigenvalue weighted by Crippen LogP contribution is 2.04. The van der Waals surface area contributed by atoms with Gasteiger partial charge in [-0.2, -0.15) is 0 Å². The van der Waals surface area contributed by atoms with E-state index >= 15 is 0 Å². The van der Waals surface area contributed by atoms with Gasteiger partial charge in [0.1, 0.15) is 6.54 Å². The molecule has 3 heterocycles. The summed E-state index contributed by atoms with van der Waals surface area (Å²) in [4.78, 5) is 9.65. The quantitative estimate of drug-likeness (QED) is 0.260. The fourth-order valence-corrected chi connectivity index (χ4v) is 3.32. The Morgan fingerprint density at radius 2 is 2.04 bits per heavy atom. The van der Waals surface area contributed by atoms with Gasteiger partial charge >= 0.3 is 0 Å². The van der Waals surface area contributed by atoms with Gasteiger partial charge in [0.2, 0.25) is 0 Å². The molecule has 0 saturated carbocycles. The van der Waals surface area contributed by atoms with E-state index in [-0.39, 0.29) is 24.0 Å². The maximum Gasteiger partial charge on any atom is 0.191 e. The Morgan fingerprint density at radius 1 is 1.14 bits per heavy atom. The lowest BCUT2D eigenvalue weighted by Crippen LogP contribution is -2.39. The molecule has 0 unspecified atom stereocenters. The summed E-state index contributed by atoms with van der Waals surface area (Å²) in [6, 6.07) is 5.89. The number of fused-ring (bicyclic) bond motifs is 1. The van der Waals surface area contributed by atoms with Gasteiger partial charge in [0.05, 0.1) is 0 Å². The van der Waals surface area contributed by atoms with Crippen LogP contribution in [0.1, 0.15) is 25.6 Å². The van der Waals surface area contributed by atoms with Crippen LogP contribution in [0.5, 0.6) is 0 Å². The lowest BCUT2D eigenvalue weighted by Gasteiger charge is -2.20. The van der Waals surface area contributed by atoms with Crippen LogP contribution in [-0.2, 0) is 6.54 Å². The number of nitrogens with zero attached hydrogens (tertiary/aromatic N) is 6. The minimum absolute atomic E-state index is 0. The van der Waals surface area contributed by atoms with Crippen molar-refractivity contribution in [3.8, 4) is 0 Å². The van der Waals surface area contributed by atoms with Crippen LogP contribution < -0.4 is 10.6 Å². The van der Waals surface area contributed by atoms with Crippen molar-refractivity contribution in [1.82, 2.24) is 35.0 Å². The third-order valence-electron chi connectivity index (χ3n) is 4.86. The highest BCUT2D eigenvalue weighted by molar-refractivity contribution is 14.0. The molecule has 8 nitrogen and oxygen atoms in total. The Hall–Kier alpha value is -1.46. The number of aliphatic imine (C=N–C) groups is 1. The predicted octanol–water partition coefficient (Wildman–Crippen LogP) is 1.43. The molecular formula is C19H33IN8. The van der Waals surface area contributed by atoms with Crippen LogP contribution in [0.15, 0.2) is 29.4 Å². The third-order valence-corrected chi connectivity index (χ3v) is 4.86. The maximum absolute atomic E-state index is 4.67. The van der Waals surface area contributed by atoms with Gasteiger partial charge in [-0.3, -0.25) is 4.40 Å². The first kappa shape index (κ1) is 22.8. The molecule has 0 spiro atoms. The fraction of sp³-hybridized carbons (Fsp3) is 0.632. The Kier molecular flexibility index (Phi) is 9.93. The molecule has 1 fully saturated rings. The van der Waals surface area contributed by atoms with Gasteiger partial charge in [-0.15, -0.1) is 34.2 Å². The number of nitrogens with one attached hydrogen (secondary N) is 2. The van der Waals surface area contributed by atoms with Crippen molar-refractivity contribution in [2.24, 2.45) is 4.99 Å². The number of pyridine rings is 1. The monoisotopic (exact) mass is 500 g/mol. The van der Waals surface area contributed by atoms with Crippen molar-refractivity contribution < 1.29 is 0 Å². The van der Waals surface area contributed by atoms with Gasteiger partial charge in [0.15, 0.2) is 17.4 Å². The molecule has 0 aliphatic carbocycles. The Labute approximate surface area is 184 Å². The number of rotatable bonds is 7. The maximum atomic E-state index is 4.67. The van der Waals surface area contributed by atoms with Gasteiger partial charge in [-0.1, -0.05) is 6.07 Å². The van der Waals surface area contributed by atoms with Crippen molar-refractivity contribution in [2.75, 3.05) is 52.9 Å². The van der Waals surface area contributed by atoms with Crippen LogP contribution >= 0.6 is 24.0 Å². The highest BCUT2D eigenvalue weighted by Gasteiger charge is 2.11. The van der Waals surface area contributed by atoms with Gasteiger partial charge in [0, 0.05) is 32.4 Å². The number of aromatic nitrogens is 3. The van der Waals surface area contributed by atoms with Crippen LogP contribution in [0.25, 0.3) is 5.65 Å². The average Bonchev–Trinajstić information content (AvgIpc) is 2.98. The van der Waals surface area contributed by atoms with E-state index in [0.717, 1.165) is 43.5 Å². The largest absolute Gasteiger partial charge is 0.357 e. The summed E-state index contributed by atoms with van der Waals surface area (Å²) in [5.74, 6) is 1.68. The molecule has 2 aromatic heterocycles. The summed E-state index contributed by atoms with van der Waals surface area (Å²) in [5.41, 5.74) is 0.851. The SMILES string of the molecule is CCNC(=NCc1nnc2ccccn12)NCCCN1CCCN(C)CC1.I. The van der Waals surface area contributed by atoms with Crippen LogP contribution in [0.4, 0.5) is 0 Å². The fourth-order valence-electron chi connectivity index (χ4n) is 3.32. The summed E-state index contributed by atoms with van der Waals surface area (Å²) in [7, 11) is 2.21. The van der Waals surface area contributed by atoms with E-state index in [4.69, 9.17) is 0 Å². The molecule has 1 aliphatic heterocycles. The number of halogens is 1. The van der Waals surface area contributed by atoms with E-state index < -0.39 is 0 Å². The van der Waals surface area contributed by atoms with Gasteiger partial charge in [-0.25, -0.2) is 4.99 Å². The van der Waals surface area contributed by atoms with Crippen molar-refractivity contribution in [1.29, 1.82) is 0 Å². The lowest BCUT2D eigenvalue weighted by molar-refractivity contribution is 0.274. The molecule has 9 heteroatoms. The van der Waals surface area contributed by atoms with Gasteiger partial charge in [0.25, 0.3) is 0 Å². The molecule has 0 aromatic carbocycles. The predicted molar refractivity (Wildman–Crippen MR) is 124 cm³/mol. The standard InChI is InChI=1S/C19H32N8.HI/c1-3-20-19(21-9-6-11-26-12-7-10-25(2)14-15-26)22-16-18-24-23-17-8-4-5-13-27(17)18;/h4-5,8,13H,3,6-7,9-12,14-16H2,1-2H3,(H2,20,21,22);1H. The normalized spacial score (nSPS) is 16.6. The molecule has 156 valence electrons. The van der Waals surface area contributed by atoms with Crippen molar-refractivity contribution in [3.63, 3.8) is 0 Å². The summed E-state index contributed by atoms with van der Waals surface area (Å²) >= 11 is 0. The minimum atomic E-state index is 0.